The molecule has 0 spiro atoms. The Morgan fingerprint density at radius 1 is 0.463 bits per heavy atom. The Morgan fingerprint density at radius 3 is 1.12 bits per heavy atom. The minimum Gasteiger partial charge on any atom is -0.359 e. The van der Waals surface area contributed by atoms with Gasteiger partial charge >= 0.3 is 0 Å². The van der Waals surface area contributed by atoms with Crippen molar-refractivity contribution in [2.45, 2.75) is 32.1 Å². The van der Waals surface area contributed by atoms with Gasteiger partial charge in [-0.2, -0.15) is 0 Å². The topological polar surface area (TPSA) is 131 Å². The molecule has 0 aliphatic heterocycles. The van der Waals surface area contributed by atoms with Crippen LogP contribution < -0.4 is 0 Å². The van der Waals surface area contributed by atoms with Crippen LogP contribution >= 0.6 is 0 Å². The normalized spacial score (nSPS) is 19.4. The summed E-state index contributed by atoms with van der Waals surface area (Å²) in [7, 11) is 0. The van der Waals surface area contributed by atoms with Crippen molar-refractivity contribution in [3.8, 4) is 0 Å². The van der Waals surface area contributed by atoms with Crippen LogP contribution in [0.5, 0.6) is 0 Å². The fourth-order valence-electron chi connectivity index (χ4n) is 5.37. The smallest absolute Gasteiger partial charge is 0.185 e. The summed E-state index contributed by atoms with van der Waals surface area (Å²) in [5, 5.41) is 0. The molecule has 8 nitrogen and oxygen atoms in total. The van der Waals surface area contributed by atoms with Gasteiger partial charge < -0.3 is 19.9 Å². The molecule has 0 atom stereocenters. The van der Waals surface area contributed by atoms with Gasteiger partial charge in [0.1, 0.15) is 0 Å². The molecule has 4 heterocycles. The Labute approximate surface area is 236 Å². The van der Waals surface area contributed by atoms with E-state index in [0.29, 0.717) is 43.5 Å². The highest BCUT2D eigenvalue weighted by molar-refractivity contribution is 6.16. The number of Topliss-reactive ketones (excluding diaryl/α,β-unsaturated/α-hetero) is 2. The molecule has 4 aromatic rings. The second-order valence-electron chi connectivity index (χ2n) is 10.4. The van der Waals surface area contributed by atoms with Gasteiger partial charge in [-0.3, -0.25) is 19.2 Å². The van der Waals surface area contributed by atoms with Gasteiger partial charge in [-0.1, -0.05) is 0 Å². The molecule has 8 heteroatoms. The average molecular weight is 545 g/mol. The molecule has 4 aromatic heterocycles. The van der Waals surface area contributed by atoms with E-state index in [1.807, 2.05) is 48.6 Å². The number of carbonyl (C=O) groups is 4. The quantitative estimate of drug-likeness (QED) is 0.163. The lowest BCUT2D eigenvalue weighted by molar-refractivity contribution is -0.112. The largest absolute Gasteiger partial charge is 0.359 e. The van der Waals surface area contributed by atoms with Crippen molar-refractivity contribution >= 4 is 48.4 Å². The zero-order valence-corrected chi connectivity index (χ0v) is 22.3. The molecule has 0 aromatic carbocycles. The molecule has 2 aliphatic carbocycles. The van der Waals surface area contributed by atoms with Crippen molar-refractivity contribution in [1.82, 2.24) is 19.9 Å². The van der Waals surface area contributed by atoms with Gasteiger partial charge in [-0.15, -0.1) is 0 Å². The van der Waals surface area contributed by atoms with Gasteiger partial charge in [0.05, 0.1) is 11.4 Å². The lowest BCUT2D eigenvalue weighted by Gasteiger charge is -1.98. The van der Waals surface area contributed by atoms with Crippen molar-refractivity contribution in [3.63, 3.8) is 0 Å². The molecular weight excluding hydrogens is 516 g/mol. The Morgan fingerprint density at radius 2 is 0.780 bits per heavy atom. The van der Waals surface area contributed by atoms with E-state index < -0.39 is 0 Å². The van der Waals surface area contributed by atoms with E-state index in [9.17, 15) is 19.2 Å². The fourth-order valence-corrected chi connectivity index (χ4v) is 5.37. The molecule has 6 rings (SSSR count). The number of aromatic amines is 4. The van der Waals surface area contributed by atoms with Crippen molar-refractivity contribution in [2.75, 3.05) is 0 Å². The number of hydrogen-bond acceptors (Lipinski definition) is 4. The second kappa shape index (κ2) is 11.1. The molecule has 0 radical (unpaired) electrons. The van der Waals surface area contributed by atoms with E-state index >= 15 is 0 Å². The third-order valence-corrected chi connectivity index (χ3v) is 7.45. The van der Waals surface area contributed by atoms with Crippen LogP contribution in [0.1, 0.15) is 80.8 Å². The molecular formula is C33H28N4O4. The number of aromatic nitrogens is 4. The van der Waals surface area contributed by atoms with E-state index in [2.05, 4.69) is 19.9 Å². The van der Waals surface area contributed by atoms with Gasteiger partial charge in [-0.25, -0.2) is 0 Å². The number of allylic oxidation sites excluding steroid dienone is 4. The Hall–Kier alpha value is -5.24. The maximum absolute atomic E-state index is 12.9. The Bertz CT molecular complexity index is 1670. The Balaban J connectivity index is 1.09. The number of rotatable bonds is 8. The van der Waals surface area contributed by atoms with E-state index in [-0.39, 0.29) is 11.6 Å². The minimum atomic E-state index is 0.0310. The summed E-state index contributed by atoms with van der Waals surface area (Å²) in [5.41, 5.74) is 9.22. The maximum atomic E-state index is 12.9. The molecule has 0 bridgehead atoms. The van der Waals surface area contributed by atoms with Crippen LogP contribution in [0.2, 0.25) is 0 Å². The van der Waals surface area contributed by atoms with Crippen LogP contribution in [-0.2, 0) is 16.0 Å². The van der Waals surface area contributed by atoms with E-state index in [0.717, 1.165) is 69.0 Å². The minimum absolute atomic E-state index is 0.0310. The summed E-state index contributed by atoms with van der Waals surface area (Å²) in [6.45, 7) is 0. The molecule has 204 valence electrons. The third kappa shape index (κ3) is 5.72. The number of ketones is 2. The van der Waals surface area contributed by atoms with Gasteiger partial charge in [0.15, 0.2) is 24.1 Å². The fraction of sp³-hybridized carbons (Fsp3) is 0.152. The number of H-pyrrole nitrogens is 4. The molecule has 2 aliphatic rings. The lowest BCUT2D eigenvalue weighted by Crippen LogP contribution is -1.96. The first-order chi connectivity index (χ1) is 20.0. The van der Waals surface area contributed by atoms with Gasteiger partial charge in [0.2, 0.25) is 0 Å². The highest BCUT2D eigenvalue weighted by atomic mass is 16.1. The van der Waals surface area contributed by atoms with Gasteiger partial charge in [0, 0.05) is 62.9 Å². The number of carbonyl (C=O) groups excluding carboxylic acids is 4. The molecule has 0 saturated heterocycles. The molecule has 41 heavy (non-hydrogen) atoms. The first kappa shape index (κ1) is 26.0. The van der Waals surface area contributed by atoms with Crippen LogP contribution in [0.15, 0.2) is 70.8 Å². The standard InChI is InChI=1S/C33H28N4O4/c38-18-30-11-9-26(36-30)15-22-3-1-20(32(22)40)13-24-5-7-28(34-24)17-29-8-6-25(35-29)14-21-2-4-23(33(21)41)16-27-10-12-31(19-39)37-27/h5-16,18-19,34-37H,1-4,17H2/b20-13+,21-14+,22-15-,23-16+. The lowest BCUT2D eigenvalue weighted by atomic mass is 10.1. The summed E-state index contributed by atoms with van der Waals surface area (Å²) >= 11 is 0. The highest BCUT2D eigenvalue weighted by Crippen LogP contribution is 2.30. The second-order valence-corrected chi connectivity index (χ2v) is 10.4. The van der Waals surface area contributed by atoms with Crippen LogP contribution in [0.3, 0.4) is 0 Å². The average Bonchev–Trinajstić information content (AvgIpc) is 3.82. The first-order valence-electron chi connectivity index (χ1n) is 13.5. The van der Waals surface area contributed by atoms with Gasteiger partial charge in [-0.05, 0) is 98.5 Å². The zero-order chi connectivity index (χ0) is 28.3. The van der Waals surface area contributed by atoms with E-state index in [1.165, 1.54) is 0 Å². The zero-order valence-electron chi connectivity index (χ0n) is 22.3. The van der Waals surface area contributed by atoms with Crippen molar-refractivity contribution < 1.29 is 19.2 Å². The summed E-state index contributed by atoms with van der Waals surface area (Å²) in [6.07, 6.45) is 12.3. The summed E-state index contributed by atoms with van der Waals surface area (Å²) in [6, 6.07) is 14.9. The molecule has 0 amide bonds. The third-order valence-electron chi connectivity index (χ3n) is 7.45. The monoisotopic (exact) mass is 544 g/mol. The van der Waals surface area contributed by atoms with Crippen LogP contribution in [-0.4, -0.2) is 44.1 Å². The van der Waals surface area contributed by atoms with Crippen molar-refractivity contribution in [3.05, 3.63) is 116 Å². The van der Waals surface area contributed by atoms with E-state index in [1.54, 1.807) is 24.3 Å². The number of hydrogen-bond donors (Lipinski definition) is 4. The van der Waals surface area contributed by atoms with Crippen LogP contribution in [0.4, 0.5) is 0 Å². The Kier molecular flexibility index (Phi) is 7.04. The maximum Gasteiger partial charge on any atom is 0.185 e. The summed E-state index contributed by atoms with van der Waals surface area (Å²) < 4.78 is 0. The highest BCUT2D eigenvalue weighted by Gasteiger charge is 2.24. The predicted octanol–water partition coefficient (Wildman–Crippen LogP) is 5.87. The van der Waals surface area contributed by atoms with Crippen LogP contribution in [0, 0.1) is 0 Å². The predicted molar refractivity (Wildman–Crippen MR) is 157 cm³/mol. The van der Waals surface area contributed by atoms with Crippen molar-refractivity contribution in [1.29, 1.82) is 0 Å². The molecule has 2 saturated carbocycles. The first-order valence-corrected chi connectivity index (χ1v) is 13.5. The SMILES string of the molecule is O=Cc1ccc(/C=C2/CC/C(=C\c3ccc(Cc4ccc(/C=C5\CC/C(=C\c6ccc(C=O)[nH]6)C5=O)[nH]4)[nH]3)C2=O)[nH]1. The molecule has 4 N–H and O–H groups in total. The number of aldehydes is 2. The van der Waals surface area contributed by atoms with E-state index in [4.69, 9.17) is 0 Å². The summed E-state index contributed by atoms with van der Waals surface area (Å²) in [5.74, 6) is 0.0621. The molecule has 2 fully saturated rings. The summed E-state index contributed by atoms with van der Waals surface area (Å²) in [4.78, 5) is 60.3. The molecule has 0 unspecified atom stereocenters. The number of nitrogens with one attached hydrogen (secondary N) is 4. The van der Waals surface area contributed by atoms with Crippen LogP contribution in [0.25, 0.3) is 24.3 Å². The van der Waals surface area contributed by atoms with Crippen molar-refractivity contribution in [2.24, 2.45) is 0 Å². The van der Waals surface area contributed by atoms with Gasteiger partial charge in [0.25, 0.3) is 0 Å².